The van der Waals surface area contributed by atoms with Gasteiger partial charge in [-0.05, 0) is 12.1 Å². The molecule has 0 saturated heterocycles. The Hall–Kier alpha value is -2.05. The fourth-order valence-corrected chi connectivity index (χ4v) is 1.58. The van der Waals surface area contributed by atoms with Gasteiger partial charge in [-0.25, -0.2) is 0 Å². The maximum absolute atomic E-state index is 12.2. The summed E-state index contributed by atoms with van der Waals surface area (Å²) in [6, 6.07) is 5.00. The molecule has 0 N–H and O–H groups in total. The summed E-state index contributed by atoms with van der Waals surface area (Å²) >= 11 is 0. The van der Waals surface area contributed by atoms with Crippen LogP contribution in [0.15, 0.2) is 24.3 Å². The Kier molecular flexibility index (Phi) is 5.12. The second kappa shape index (κ2) is 6.40. The van der Waals surface area contributed by atoms with Crippen molar-refractivity contribution in [3.05, 3.63) is 29.8 Å². The number of esters is 1. The van der Waals surface area contributed by atoms with Crippen molar-refractivity contribution in [1.82, 2.24) is 0 Å². The minimum absolute atomic E-state index is 0.222. The van der Waals surface area contributed by atoms with E-state index >= 15 is 0 Å². The molecule has 0 aliphatic rings. The molecule has 0 spiro atoms. The van der Waals surface area contributed by atoms with Crippen molar-refractivity contribution < 1.29 is 32.2 Å². The quantitative estimate of drug-likeness (QED) is 0.618. The van der Waals surface area contributed by atoms with Crippen LogP contribution in [0.5, 0.6) is 5.75 Å². The highest BCUT2D eigenvalue weighted by Crippen LogP contribution is 2.27. The van der Waals surface area contributed by atoms with Gasteiger partial charge in [-0.15, -0.1) is 13.2 Å². The molecular weight excluding hydrogens is 277 g/mol. The van der Waals surface area contributed by atoms with Crippen molar-refractivity contribution in [1.29, 1.82) is 0 Å². The summed E-state index contributed by atoms with van der Waals surface area (Å²) < 4.78 is 44.9. The molecule has 1 atom stereocenters. The van der Waals surface area contributed by atoms with Crippen LogP contribution in [0.4, 0.5) is 13.2 Å². The molecule has 0 saturated carbocycles. The highest BCUT2D eigenvalue weighted by molar-refractivity contribution is 6.00. The van der Waals surface area contributed by atoms with Crippen LogP contribution in [0.25, 0.3) is 0 Å². The first-order valence-electron chi connectivity index (χ1n) is 5.70. The SMILES string of the molecule is COC(=O)C(C)CC(=O)c1ccccc1OC(F)(F)F. The molecule has 1 unspecified atom stereocenters. The predicted molar refractivity (Wildman–Crippen MR) is 63.3 cm³/mol. The van der Waals surface area contributed by atoms with Crippen molar-refractivity contribution in [3.63, 3.8) is 0 Å². The van der Waals surface area contributed by atoms with E-state index in [4.69, 9.17) is 0 Å². The zero-order chi connectivity index (χ0) is 15.3. The van der Waals surface area contributed by atoms with Crippen molar-refractivity contribution in [2.45, 2.75) is 19.7 Å². The predicted octanol–water partition coefficient (Wildman–Crippen LogP) is 2.97. The third-order valence-electron chi connectivity index (χ3n) is 2.51. The molecule has 1 rings (SSSR count). The van der Waals surface area contributed by atoms with Crippen molar-refractivity contribution in [2.75, 3.05) is 7.11 Å². The van der Waals surface area contributed by atoms with E-state index in [9.17, 15) is 22.8 Å². The highest BCUT2D eigenvalue weighted by Gasteiger charge is 2.33. The Labute approximate surface area is 113 Å². The molecule has 0 aliphatic heterocycles. The van der Waals surface area contributed by atoms with Crippen LogP contribution in [0.1, 0.15) is 23.7 Å². The van der Waals surface area contributed by atoms with Crippen molar-refractivity contribution >= 4 is 11.8 Å². The summed E-state index contributed by atoms with van der Waals surface area (Å²) in [4.78, 5) is 23.1. The first-order valence-corrected chi connectivity index (χ1v) is 5.70. The largest absolute Gasteiger partial charge is 0.573 e. The van der Waals surface area contributed by atoms with Gasteiger partial charge in [-0.1, -0.05) is 19.1 Å². The molecule has 0 heterocycles. The molecule has 20 heavy (non-hydrogen) atoms. The van der Waals surface area contributed by atoms with E-state index in [1.807, 2.05) is 0 Å². The summed E-state index contributed by atoms with van der Waals surface area (Å²) in [7, 11) is 1.17. The fraction of sp³-hybridized carbons (Fsp3) is 0.385. The lowest BCUT2D eigenvalue weighted by molar-refractivity contribution is -0.274. The lowest BCUT2D eigenvalue weighted by Crippen LogP contribution is -2.20. The monoisotopic (exact) mass is 290 g/mol. The number of rotatable bonds is 5. The van der Waals surface area contributed by atoms with E-state index in [-0.39, 0.29) is 12.0 Å². The van der Waals surface area contributed by atoms with E-state index in [1.165, 1.54) is 32.2 Å². The maximum atomic E-state index is 12.2. The van der Waals surface area contributed by atoms with Crippen LogP contribution in [0, 0.1) is 5.92 Å². The highest BCUT2D eigenvalue weighted by atomic mass is 19.4. The van der Waals surface area contributed by atoms with Crippen molar-refractivity contribution in [3.8, 4) is 5.75 Å². The average molecular weight is 290 g/mol. The number of Topliss-reactive ketones (excluding diaryl/α,β-unsaturated/α-hetero) is 1. The smallest absolute Gasteiger partial charge is 0.469 e. The van der Waals surface area contributed by atoms with Gasteiger partial charge in [0.15, 0.2) is 5.78 Å². The molecule has 1 aromatic rings. The zero-order valence-electron chi connectivity index (χ0n) is 10.9. The second-order valence-corrected chi connectivity index (χ2v) is 4.10. The van der Waals surface area contributed by atoms with Gasteiger partial charge in [0.1, 0.15) is 5.75 Å². The summed E-state index contributed by atoms with van der Waals surface area (Å²) in [5.74, 6) is -2.55. The van der Waals surface area contributed by atoms with Crippen LogP contribution >= 0.6 is 0 Å². The zero-order valence-corrected chi connectivity index (χ0v) is 10.9. The number of carbonyl (C=O) groups excluding carboxylic acids is 2. The number of para-hydroxylation sites is 1. The molecule has 110 valence electrons. The molecule has 0 aromatic heterocycles. The van der Waals surface area contributed by atoms with E-state index in [2.05, 4.69) is 9.47 Å². The van der Waals surface area contributed by atoms with Gasteiger partial charge in [0, 0.05) is 6.42 Å². The number of alkyl halides is 3. The van der Waals surface area contributed by atoms with E-state index in [1.54, 1.807) is 0 Å². The number of halogens is 3. The first kappa shape index (κ1) is 16.0. The Morgan fingerprint density at radius 2 is 1.85 bits per heavy atom. The lowest BCUT2D eigenvalue weighted by Gasteiger charge is -2.13. The van der Waals surface area contributed by atoms with Crippen LogP contribution in [0.2, 0.25) is 0 Å². The Bertz CT molecular complexity index is 497. The first-order chi connectivity index (χ1) is 9.24. The maximum Gasteiger partial charge on any atom is 0.573 e. The molecular formula is C13H13F3O4. The third kappa shape index (κ3) is 4.56. The number of ether oxygens (including phenoxy) is 2. The second-order valence-electron chi connectivity index (χ2n) is 4.10. The number of benzene rings is 1. The van der Waals surface area contributed by atoms with Crippen LogP contribution in [-0.4, -0.2) is 25.2 Å². The minimum Gasteiger partial charge on any atom is -0.469 e. The number of methoxy groups -OCH3 is 1. The summed E-state index contributed by atoms with van der Waals surface area (Å²) in [6.07, 6.45) is -5.14. The Balaban J connectivity index is 2.91. The fourth-order valence-electron chi connectivity index (χ4n) is 1.58. The average Bonchev–Trinajstić information content (AvgIpc) is 2.36. The molecule has 0 bridgehead atoms. The molecule has 0 aliphatic carbocycles. The topological polar surface area (TPSA) is 52.6 Å². The number of hydrogen-bond acceptors (Lipinski definition) is 4. The molecule has 0 fully saturated rings. The summed E-state index contributed by atoms with van der Waals surface area (Å²) in [6.45, 7) is 1.46. The van der Waals surface area contributed by atoms with Crippen LogP contribution < -0.4 is 4.74 Å². The summed E-state index contributed by atoms with van der Waals surface area (Å²) in [5, 5.41) is 0. The van der Waals surface area contributed by atoms with Crippen molar-refractivity contribution in [2.24, 2.45) is 5.92 Å². The Morgan fingerprint density at radius 3 is 2.40 bits per heavy atom. The normalized spacial score (nSPS) is 12.7. The van der Waals surface area contributed by atoms with Gasteiger partial charge in [0.25, 0.3) is 0 Å². The number of ketones is 1. The molecule has 1 aromatic carbocycles. The molecule has 0 radical (unpaired) electrons. The summed E-state index contributed by atoms with van der Waals surface area (Å²) in [5.41, 5.74) is -0.222. The van der Waals surface area contributed by atoms with E-state index < -0.39 is 29.8 Å². The van der Waals surface area contributed by atoms with Crippen LogP contribution in [-0.2, 0) is 9.53 Å². The van der Waals surface area contributed by atoms with Gasteiger partial charge in [0.2, 0.25) is 0 Å². The number of hydrogen-bond donors (Lipinski definition) is 0. The standard InChI is InChI=1S/C13H13F3O4/c1-8(12(18)19-2)7-10(17)9-5-3-4-6-11(9)20-13(14,15)16/h3-6,8H,7H2,1-2H3. The van der Waals surface area contributed by atoms with Gasteiger partial charge in [-0.3, -0.25) is 9.59 Å². The molecule has 0 amide bonds. The molecule has 4 nitrogen and oxygen atoms in total. The molecule has 7 heteroatoms. The van der Waals surface area contributed by atoms with E-state index in [0.29, 0.717) is 0 Å². The lowest BCUT2D eigenvalue weighted by atomic mass is 9.99. The third-order valence-corrected chi connectivity index (χ3v) is 2.51. The number of carbonyl (C=O) groups is 2. The minimum atomic E-state index is -4.88. The van der Waals surface area contributed by atoms with Gasteiger partial charge in [-0.2, -0.15) is 0 Å². The van der Waals surface area contributed by atoms with Gasteiger partial charge >= 0.3 is 12.3 Å². The van der Waals surface area contributed by atoms with Gasteiger partial charge < -0.3 is 9.47 Å². The van der Waals surface area contributed by atoms with Gasteiger partial charge in [0.05, 0.1) is 18.6 Å². The Morgan fingerprint density at radius 1 is 1.25 bits per heavy atom. The van der Waals surface area contributed by atoms with Crippen LogP contribution in [0.3, 0.4) is 0 Å². The van der Waals surface area contributed by atoms with E-state index in [0.717, 1.165) is 6.07 Å².